The number of aromatic nitrogens is 3. The largest absolute Gasteiger partial charge is 0.472 e. The molecule has 6 heteroatoms. The van der Waals surface area contributed by atoms with Crippen molar-refractivity contribution >= 4 is 5.69 Å². The molecule has 0 aliphatic carbocycles. The van der Waals surface area contributed by atoms with E-state index in [4.69, 9.17) is 10.5 Å². The molecule has 2 heterocycles. The Kier molecular flexibility index (Phi) is 3.45. The van der Waals surface area contributed by atoms with Gasteiger partial charge in [0.15, 0.2) is 0 Å². The van der Waals surface area contributed by atoms with Gasteiger partial charge >= 0.3 is 0 Å². The summed E-state index contributed by atoms with van der Waals surface area (Å²) in [5.41, 5.74) is 6.50. The van der Waals surface area contributed by atoms with E-state index >= 15 is 0 Å². The third-order valence-electron chi connectivity index (χ3n) is 2.81. The van der Waals surface area contributed by atoms with Crippen molar-refractivity contribution in [2.45, 2.75) is 32.9 Å². The van der Waals surface area contributed by atoms with Crippen molar-refractivity contribution in [2.24, 2.45) is 7.05 Å². The molecule has 0 saturated carbocycles. The van der Waals surface area contributed by atoms with Crippen LogP contribution < -0.4 is 10.5 Å². The highest BCUT2D eigenvalue weighted by molar-refractivity contribution is 5.55. The molecular formula is C14H19N5O. The van der Waals surface area contributed by atoms with Gasteiger partial charge in [-0.3, -0.25) is 4.57 Å². The average Bonchev–Trinajstić information content (AvgIpc) is 2.86. The fourth-order valence-electron chi connectivity index (χ4n) is 1.90. The van der Waals surface area contributed by atoms with Crippen LogP contribution in [0.5, 0.6) is 5.88 Å². The number of anilines is 1. The Balaban J connectivity index is 2.45. The molecule has 0 amide bonds. The molecule has 0 bridgehead atoms. The number of hydrogen-bond donors (Lipinski definition) is 1. The maximum atomic E-state index is 9.24. The number of hydrogen-bond acceptors (Lipinski definition) is 4. The van der Waals surface area contributed by atoms with Crippen LogP contribution >= 0.6 is 0 Å². The summed E-state index contributed by atoms with van der Waals surface area (Å²) in [6, 6.07) is 3.77. The zero-order chi connectivity index (χ0) is 14.9. The molecule has 0 aliphatic heterocycles. The first-order chi connectivity index (χ1) is 9.31. The van der Waals surface area contributed by atoms with Crippen LogP contribution in [0.2, 0.25) is 0 Å². The van der Waals surface area contributed by atoms with Gasteiger partial charge in [-0.05, 0) is 20.8 Å². The Morgan fingerprint density at radius 2 is 2.15 bits per heavy atom. The monoisotopic (exact) mass is 273 g/mol. The third kappa shape index (κ3) is 2.77. The van der Waals surface area contributed by atoms with Gasteiger partial charge in [0.05, 0.1) is 12.2 Å². The van der Waals surface area contributed by atoms with Crippen LogP contribution in [0.4, 0.5) is 5.69 Å². The van der Waals surface area contributed by atoms with E-state index in [0.29, 0.717) is 23.8 Å². The summed E-state index contributed by atoms with van der Waals surface area (Å²) in [5, 5.41) is 9.24. The Bertz CT molecular complexity index is 654. The Morgan fingerprint density at radius 3 is 2.65 bits per heavy atom. The Labute approximate surface area is 118 Å². The van der Waals surface area contributed by atoms with Gasteiger partial charge in [0.25, 0.3) is 0 Å². The number of aryl methyl sites for hydroxylation is 1. The topological polar surface area (TPSA) is 81.8 Å². The highest BCUT2D eigenvalue weighted by Gasteiger charge is 2.21. The van der Waals surface area contributed by atoms with E-state index in [2.05, 4.69) is 11.1 Å². The maximum absolute atomic E-state index is 9.24. The Hall–Kier alpha value is -2.42. The molecule has 0 aliphatic rings. The fraction of sp³-hybridized carbons (Fsp3) is 0.429. The molecule has 0 aromatic carbocycles. The minimum Gasteiger partial charge on any atom is -0.472 e. The molecular weight excluding hydrogens is 254 g/mol. The van der Waals surface area contributed by atoms with Crippen LogP contribution in [0.15, 0.2) is 18.5 Å². The van der Waals surface area contributed by atoms with E-state index in [1.807, 2.05) is 38.6 Å². The van der Waals surface area contributed by atoms with Crippen LogP contribution in [0.1, 0.15) is 32.3 Å². The van der Waals surface area contributed by atoms with E-state index in [-0.39, 0.29) is 0 Å². The predicted octanol–water partition coefficient (Wildman–Crippen LogP) is 1.90. The first kappa shape index (κ1) is 14.0. The van der Waals surface area contributed by atoms with Crippen molar-refractivity contribution in [3.63, 3.8) is 0 Å². The third-order valence-corrected chi connectivity index (χ3v) is 2.81. The van der Waals surface area contributed by atoms with Crippen LogP contribution in [0.25, 0.3) is 0 Å². The first-order valence-electron chi connectivity index (χ1n) is 6.36. The van der Waals surface area contributed by atoms with Crippen molar-refractivity contribution in [1.82, 2.24) is 14.1 Å². The molecule has 2 aromatic rings. The second-order valence-corrected chi connectivity index (χ2v) is 5.66. The van der Waals surface area contributed by atoms with Crippen LogP contribution in [-0.4, -0.2) is 19.7 Å². The smallest absolute Gasteiger partial charge is 0.219 e. The van der Waals surface area contributed by atoms with E-state index in [9.17, 15) is 5.26 Å². The normalized spacial score (nSPS) is 11.3. The van der Waals surface area contributed by atoms with Gasteiger partial charge < -0.3 is 15.0 Å². The number of rotatable bonds is 3. The minimum absolute atomic E-state index is 0.390. The van der Waals surface area contributed by atoms with Crippen molar-refractivity contribution in [1.29, 1.82) is 5.26 Å². The van der Waals surface area contributed by atoms with Crippen LogP contribution in [0, 0.1) is 11.3 Å². The van der Waals surface area contributed by atoms with Gasteiger partial charge in [0.1, 0.15) is 23.2 Å². The highest BCUT2D eigenvalue weighted by atomic mass is 16.5. The predicted molar refractivity (Wildman–Crippen MR) is 76.3 cm³/mol. The summed E-state index contributed by atoms with van der Waals surface area (Å²) < 4.78 is 9.54. The zero-order valence-corrected chi connectivity index (χ0v) is 12.2. The zero-order valence-electron chi connectivity index (χ0n) is 12.2. The summed E-state index contributed by atoms with van der Waals surface area (Å²) in [6.07, 6.45) is 3.58. The minimum atomic E-state index is -0.390. The van der Waals surface area contributed by atoms with Crippen LogP contribution in [-0.2, 0) is 13.6 Å². The van der Waals surface area contributed by atoms with Gasteiger partial charge in [-0.2, -0.15) is 5.26 Å². The summed E-state index contributed by atoms with van der Waals surface area (Å²) in [5.74, 6) is 1.34. The van der Waals surface area contributed by atoms with Crippen molar-refractivity contribution in [2.75, 3.05) is 5.73 Å². The fourth-order valence-corrected chi connectivity index (χ4v) is 1.90. The second-order valence-electron chi connectivity index (χ2n) is 5.66. The molecule has 0 atom stereocenters. The van der Waals surface area contributed by atoms with E-state index in [0.717, 1.165) is 5.82 Å². The standard InChI is InChI=1S/C14H19N5O/c1-14(2,3)20-13-11(16)7-10(8-15)19(13)9-12-17-5-6-18(12)4/h5-7H,9,16H2,1-4H3. The molecule has 0 unspecified atom stereocenters. The van der Waals surface area contributed by atoms with Gasteiger partial charge in [-0.25, -0.2) is 4.98 Å². The van der Waals surface area contributed by atoms with Gasteiger partial charge in [-0.15, -0.1) is 0 Å². The maximum Gasteiger partial charge on any atom is 0.219 e. The lowest BCUT2D eigenvalue weighted by Gasteiger charge is -2.23. The van der Waals surface area contributed by atoms with Gasteiger partial charge in [-0.1, -0.05) is 0 Å². The molecule has 2 N–H and O–H groups in total. The van der Waals surface area contributed by atoms with Gasteiger partial charge in [0.2, 0.25) is 5.88 Å². The van der Waals surface area contributed by atoms with Crippen molar-refractivity contribution in [3.05, 3.63) is 30.0 Å². The molecule has 106 valence electrons. The van der Waals surface area contributed by atoms with E-state index < -0.39 is 5.60 Å². The SMILES string of the molecule is Cn1ccnc1Cn1c(C#N)cc(N)c1OC(C)(C)C. The lowest BCUT2D eigenvalue weighted by atomic mass is 10.2. The summed E-state index contributed by atoms with van der Waals surface area (Å²) >= 11 is 0. The molecule has 6 nitrogen and oxygen atoms in total. The van der Waals surface area contributed by atoms with Crippen molar-refractivity contribution < 1.29 is 4.74 Å². The molecule has 2 aromatic heterocycles. The molecule has 0 saturated heterocycles. The molecule has 0 spiro atoms. The second kappa shape index (κ2) is 4.93. The number of ether oxygens (including phenoxy) is 1. The first-order valence-corrected chi connectivity index (χ1v) is 6.36. The average molecular weight is 273 g/mol. The molecule has 0 radical (unpaired) electrons. The summed E-state index contributed by atoms with van der Waals surface area (Å²) in [6.45, 7) is 6.26. The number of nitrogens with zero attached hydrogens (tertiary/aromatic N) is 4. The molecule has 2 rings (SSSR count). The summed E-state index contributed by atoms with van der Waals surface area (Å²) in [4.78, 5) is 4.27. The molecule has 0 fully saturated rings. The van der Waals surface area contributed by atoms with Crippen molar-refractivity contribution in [3.8, 4) is 11.9 Å². The molecule has 20 heavy (non-hydrogen) atoms. The van der Waals surface area contributed by atoms with Gasteiger partial charge in [0, 0.05) is 25.5 Å². The summed E-state index contributed by atoms with van der Waals surface area (Å²) in [7, 11) is 1.91. The quantitative estimate of drug-likeness (QED) is 0.926. The number of nitriles is 1. The van der Waals surface area contributed by atoms with E-state index in [1.165, 1.54) is 0 Å². The Morgan fingerprint density at radius 1 is 1.45 bits per heavy atom. The van der Waals surface area contributed by atoms with Crippen LogP contribution in [0.3, 0.4) is 0 Å². The lowest BCUT2D eigenvalue weighted by molar-refractivity contribution is 0.119. The number of nitrogen functional groups attached to an aromatic ring is 1. The number of nitrogens with two attached hydrogens (primary N) is 1. The highest BCUT2D eigenvalue weighted by Crippen LogP contribution is 2.30. The lowest BCUT2D eigenvalue weighted by Crippen LogP contribution is -2.25. The number of imidazole rings is 1. The van der Waals surface area contributed by atoms with E-state index in [1.54, 1.807) is 16.8 Å².